The van der Waals surface area contributed by atoms with Crippen LogP contribution in [0.5, 0.6) is 0 Å². The lowest BCUT2D eigenvalue weighted by Gasteiger charge is -2.19. The van der Waals surface area contributed by atoms with Crippen LogP contribution < -0.4 is 10.9 Å². The number of thiophene rings is 1. The molecule has 3 aromatic heterocycles. The number of nitrogens with one attached hydrogen (secondary N) is 2. The number of para-hydroxylation sites is 2. The zero-order valence-electron chi connectivity index (χ0n) is 15.7. The van der Waals surface area contributed by atoms with E-state index in [1.807, 2.05) is 29.6 Å². The Labute approximate surface area is 165 Å². The van der Waals surface area contributed by atoms with Crippen LogP contribution in [-0.4, -0.2) is 25.4 Å². The smallest absolute Gasteiger partial charge is 0.262 e. The van der Waals surface area contributed by atoms with Gasteiger partial charge >= 0.3 is 0 Å². The van der Waals surface area contributed by atoms with Crippen molar-refractivity contribution in [3.05, 3.63) is 58.2 Å². The number of imidazole rings is 1. The lowest BCUT2D eigenvalue weighted by molar-refractivity contribution is -0.122. The molecule has 1 aromatic carbocycles. The molecular weight excluding hydrogens is 374 g/mol. The van der Waals surface area contributed by atoms with Crippen LogP contribution in [0.1, 0.15) is 32.1 Å². The molecule has 0 saturated heterocycles. The highest BCUT2D eigenvalue weighted by Gasteiger charge is 2.20. The van der Waals surface area contributed by atoms with Crippen molar-refractivity contribution in [1.29, 1.82) is 0 Å². The number of hydrogen-bond acceptors (Lipinski definition) is 5. The fourth-order valence-electron chi connectivity index (χ4n) is 3.25. The normalized spacial score (nSPS) is 12.7. The van der Waals surface area contributed by atoms with Gasteiger partial charge in [-0.1, -0.05) is 26.0 Å². The van der Waals surface area contributed by atoms with Crippen LogP contribution in [0.25, 0.3) is 21.3 Å². The standard InChI is InChI=1S/C20H21N5O2S/c1-12(2)9-16(18-23-14-5-3-4-6-15(14)24-18)22-17(26)10-25-11-21-19-13(20(25)27)7-8-28-19/h3-8,11-12,16H,9-10H2,1-2H3,(H,22,26)(H,23,24)/t16-/m1/s1. The summed E-state index contributed by atoms with van der Waals surface area (Å²) < 4.78 is 1.34. The number of aromatic amines is 1. The number of amides is 1. The number of fused-ring (bicyclic) bond motifs is 2. The molecule has 0 saturated carbocycles. The van der Waals surface area contributed by atoms with E-state index in [-0.39, 0.29) is 24.1 Å². The van der Waals surface area contributed by atoms with Gasteiger partial charge < -0.3 is 10.3 Å². The van der Waals surface area contributed by atoms with Gasteiger partial charge in [0.1, 0.15) is 17.2 Å². The molecule has 2 N–H and O–H groups in total. The SMILES string of the molecule is CC(C)C[C@@H](NC(=O)Cn1cnc2sccc2c1=O)c1nc2ccccc2[nH]1. The fraction of sp³-hybridized carbons (Fsp3) is 0.300. The maximum Gasteiger partial charge on any atom is 0.262 e. The molecule has 4 aromatic rings. The van der Waals surface area contributed by atoms with E-state index in [1.54, 1.807) is 6.07 Å². The summed E-state index contributed by atoms with van der Waals surface area (Å²) in [6.45, 7) is 4.12. The first-order valence-electron chi connectivity index (χ1n) is 9.18. The van der Waals surface area contributed by atoms with E-state index in [9.17, 15) is 9.59 Å². The highest BCUT2D eigenvalue weighted by Crippen LogP contribution is 2.22. The molecule has 3 heterocycles. The summed E-state index contributed by atoms with van der Waals surface area (Å²) >= 11 is 1.41. The number of nitrogens with zero attached hydrogens (tertiary/aromatic N) is 3. The number of H-pyrrole nitrogens is 1. The summed E-state index contributed by atoms with van der Waals surface area (Å²) in [7, 11) is 0. The molecule has 0 spiro atoms. The molecule has 1 atom stereocenters. The van der Waals surface area contributed by atoms with Crippen LogP contribution in [0.15, 0.2) is 46.8 Å². The Morgan fingerprint density at radius 3 is 2.89 bits per heavy atom. The van der Waals surface area contributed by atoms with Crippen LogP contribution in [0, 0.1) is 5.92 Å². The lowest BCUT2D eigenvalue weighted by Crippen LogP contribution is -2.35. The summed E-state index contributed by atoms with van der Waals surface area (Å²) in [4.78, 5) is 38.0. The van der Waals surface area contributed by atoms with E-state index in [1.165, 1.54) is 22.2 Å². The molecule has 0 bridgehead atoms. The van der Waals surface area contributed by atoms with Crippen LogP contribution in [-0.2, 0) is 11.3 Å². The Kier molecular flexibility index (Phi) is 4.95. The first-order valence-corrected chi connectivity index (χ1v) is 10.1. The van der Waals surface area contributed by atoms with Gasteiger partial charge in [0.2, 0.25) is 5.91 Å². The molecular formula is C20H21N5O2S. The van der Waals surface area contributed by atoms with Crippen LogP contribution in [0.3, 0.4) is 0 Å². The minimum atomic E-state index is -0.256. The largest absolute Gasteiger partial charge is 0.345 e. The maximum absolute atomic E-state index is 12.7. The molecule has 0 aliphatic carbocycles. The second-order valence-corrected chi connectivity index (χ2v) is 8.10. The molecule has 144 valence electrons. The first kappa shape index (κ1) is 18.4. The third kappa shape index (κ3) is 3.68. The second-order valence-electron chi connectivity index (χ2n) is 7.21. The van der Waals surface area contributed by atoms with E-state index in [2.05, 4.69) is 34.1 Å². The molecule has 7 nitrogen and oxygen atoms in total. The average Bonchev–Trinajstić information content (AvgIpc) is 3.30. The predicted molar refractivity (Wildman–Crippen MR) is 110 cm³/mol. The Balaban J connectivity index is 1.56. The number of aromatic nitrogens is 4. The summed E-state index contributed by atoms with van der Waals surface area (Å²) in [5, 5.41) is 5.39. The van der Waals surface area contributed by atoms with Gasteiger partial charge in [-0.05, 0) is 35.9 Å². The van der Waals surface area contributed by atoms with Crippen molar-refractivity contribution in [1.82, 2.24) is 24.8 Å². The number of hydrogen-bond donors (Lipinski definition) is 2. The fourth-order valence-corrected chi connectivity index (χ4v) is 3.97. The number of carbonyl (C=O) groups is 1. The van der Waals surface area contributed by atoms with Crippen molar-refractivity contribution in [3.8, 4) is 0 Å². The molecule has 0 radical (unpaired) electrons. The van der Waals surface area contributed by atoms with Gasteiger partial charge in [0.05, 0.1) is 28.8 Å². The zero-order valence-corrected chi connectivity index (χ0v) is 16.5. The summed E-state index contributed by atoms with van der Waals surface area (Å²) in [5.74, 6) is 0.844. The van der Waals surface area contributed by atoms with Crippen molar-refractivity contribution in [3.63, 3.8) is 0 Å². The van der Waals surface area contributed by atoms with Gasteiger partial charge in [-0.3, -0.25) is 14.2 Å². The molecule has 1 amide bonds. The van der Waals surface area contributed by atoms with Gasteiger partial charge in [0.15, 0.2) is 0 Å². The quantitative estimate of drug-likeness (QED) is 0.524. The maximum atomic E-state index is 12.7. The molecule has 4 rings (SSSR count). The third-order valence-corrected chi connectivity index (χ3v) is 5.37. The van der Waals surface area contributed by atoms with Gasteiger partial charge in [-0.15, -0.1) is 11.3 Å². The van der Waals surface area contributed by atoms with Gasteiger partial charge in [-0.2, -0.15) is 0 Å². The summed E-state index contributed by atoms with van der Waals surface area (Å²) in [6, 6.07) is 9.25. The summed E-state index contributed by atoms with van der Waals surface area (Å²) in [5.41, 5.74) is 1.60. The van der Waals surface area contributed by atoms with Crippen molar-refractivity contribution in [2.45, 2.75) is 32.9 Å². The highest BCUT2D eigenvalue weighted by molar-refractivity contribution is 7.16. The minimum Gasteiger partial charge on any atom is -0.345 e. The van der Waals surface area contributed by atoms with Gasteiger partial charge in [-0.25, -0.2) is 9.97 Å². The molecule has 8 heteroatoms. The van der Waals surface area contributed by atoms with Crippen molar-refractivity contribution < 1.29 is 4.79 Å². The van der Waals surface area contributed by atoms with Gasteiger partial charge in [0.25, 0.3) is 5.56 Å². The van der Waals surface area contributed by atoms with Crippen LogP contribution in [0.2, 0.25) is 0 Å². The monoisotopic (exact) mass is 395 g/mol. The molecule has 0 fully saturated rings. The number of rotatable bonds is 6. The van der Waals surface area contributed by atoms with E-state index in [0.717, 1.165) is 23.3 Å². The van der Waals surface area contributed by atoms with Crippen LogP contribution >= 0.6 is 11.3 Å². The van der Waals surface area contributed by atoms with Gasteiger partial charge in [0, 0.05) is 0 Å². The van der Waals surface area contributed by atoms with Crippen molar-refractivity contribution in [2.24, 2.45) is 5.92 Å². The number of carbonyl (C=O) groups excluding carboxylic acids is 1. The predicted octanol–water partition coefficient (Wildman–Crippen LogP) is 3.24. The van der Waals surface area contributed by atoms with E-state index in [0.29, 0.717) is 16.1 Å². The van der Waals surface area contributed by atoms with E-state index < -0.39 is 0 Å². The van der Waals surface area contributed by atoms with E-state index >= 15 is 0 Å². The Morgan fingerprint density at radius 1 is 1.29 bits per heavy atom. The number of benzene rings is 1. The highest BCUT2D eigenvalue weighted by atomic mass is 32.1. The topological polar surface area (TPSA) is 92.7 Å². The third-order valence-electron chi connectivity index (χ3n) is 4.54. The van der Waals surface area contributed by atoms with Crippen LogP contribution in [0.4, 0.5) is 0 Å². The Morgan fingerprint density at radius 2 is 2.11 bits per heavy atom. The average molecular weight is 395 g/mol. The van der Waals surface area contributed by atoms with E-state index in [4.69, 9.17) is 0 Å². The second kappa shape index (κ2) is 7.55. The lowest BCUT2D eigenvalue weighted by atomic mass is 10.0. The molecule has 0 aliphatic rings. The van der Waals surface area contributed by atoms with Crippen molar-refractivity contribution in [2.75, 3.05) is 0 Å². The molecule has 28 heavy (non-hydrogen) atoms. The molecule has 0 unspecified atom stereocenters. The summed E-state index contributed by atoms with van der Waals surface area (Å²) in [6.07, 6.45) is 2.17. The minimum absolute atomic E-state index is 0.0769. The Hall–Kier alpha value is -3.00. The van der Waals surface area contributed by atoms with Crippen molar-refractivity contribution >= 4 is 38.5 Å². The Bertz CT molecular complexity index is 1160. The zero-order chi connectivity index (χ0) is 19.7. The molecule has 0 aliphatic heterocycles. The first-order chi connectivity index (χ1) is 13.5.